The molecule has 2 aliphatic rings. The molecule has 0 bridgehead atoms. The van der Waals surface area contributed by atoms with Crippen LogP contribution < -0.4 is 126 Å². The summed E-state index contributed by atoms with van der Waals surface area (Å²) in [6.07, 6.45) is 10.8. The monoisotopic (exact) mass is 1990 g/mol. The number of aromatic hydroxyl groups is 1. The molecule has 7 aromatic heterocycles. The number of nitrogens with one attached hydrogen (secondary N) is 23. The lowest BCUT2D eigenvalue weighted by molar-refractivity contribution is -0.123. The number of likely N-dealkylation sites (N-methyl/N-ethyl adjacent to an activating group) is 1. The van der Waals surface area contributed by atoms with Crippen molar-refractivity contribution in [3.63, 3.8) is 0 Å². The van der Waals surface area contributed by atoms with E-state index in [1.807, 2.05) is 161 Å². The van der Waals surface area contributed by atoms with E-state index in [1.54, 1.807) is 35.8 Å². The number of tetrazole rings is 2. The van der Waals surface area contributed by atoms with E-state index in [4.69, 9.17) is 38.6 Å². The minimum Gasteiger partial charge on any atom is -0.502 e. The molecular weight excluding hydrogens is 1840 g/mol. The smallest absolute Gasteiger partial charge is 0.342 e. The number of aromatic nitrogens is 21. The number of imide groups is 1. The Morgan fingerprint density at radius 1 is 0.515 bits per heavy atom. The number of nitrogens with zero attached hydrogens (tertiary/aromatic N) is 24. The van der Waals surface area contributed by atoms with Crippen LogP contribution in [0.2, 0.25) is 0 Å². The van der Waals surface area contributed by atoms with Gasteiger partial charge in [-0.25, -0.2) is 34.0 Å². The van der Waals surface area contributed by atoms with E-state index >= 15 is 0 Å². The van der Waals surface area contributed by atoms with Gasteiger partial charge in [0.2, 0.25) is 34.5 Å². The van der Waals surface area contributed by atoms with Gasteiger partial charge in [-0.05, 0) is 244 Å². The number of carbonyl (C=O) groups excluding carboxylic acids is 4. The Hall–Kier alpha value is -11.8. The fraction of sp³-hybridized carbons (Fsp3) is 0.716. The number of anilines is 7. The minimum absolute atomic E-state index is 0.138. The van der Waals surface area contributed by atoms with Gasteiger partial charge in [-0.15, -0.1) is 29.9 Å². The molecule has 2 aliphatic heterocycles. The van der Waals surface area contributed by atoms with Crippen LogP contribution in [0.15, 0.2) is 34.2 Å². The Kier molecular flexibility index (Phi) is 67.7. The zero-order valence-corrected chi connectivity index (χ0v) is 84.9. The number of aromatic amines is 8. The second-order valence-corrected chi connectivity index (χ2v) is 31.4. The number of hydroxylamine groups is 1. The van der Waals surface area contributed by atoms with Gasteiger partial charge in [0.05, 0.1) is 6.54 Å². The summed E-state index contributed by atoms with van der Waals surface area (Å²) in [5, 5.41) is 100. The van der Waals surface area contributed by atoms with Crippen LogP contribution >= 0.6 is 24.4 Å². The summed E-state index contributed by atoms with van der Waals surface area (Å²) in [6, 6.07) is -0.222. The molecule has 2 unspecified atom stereocenters. The molecule has 0 aliphatic carbocycles. The molecule has 7 amide bonds. The lowest BCUT2D eigenvalue weighted by Crippen LogP contribution is -2.45. The molecule has 1 saturated heterocycles. The summed E-state index contributed by atoms with van der Waals surface area (Å²) < 4.78 is 29.1. The lowest BCUT2D eigenvalue weighted by atomic mass is 10.2. The van der Waals surface area contributed by atoms with Crippen molar-refractivity contribution in [2.75, 3.05) is 307 Å². The molecule has 0 saturated carbocycles. The van der Waals surface area contributed by atoms with Crippen molar-refractivity contribution in [2.24, 2.45) is 4.40 Å². The van der Waals surface area contributed by atoms with Crippen molar-refractivity contribution in [1.82, 2.24) is 201 Å². The Labute approximate surface area is 805 Å². The number of aryl methyl sites for hydroxylation is 1. The topological polar surface area (TPSA) is 711 Å². The molecule has 772 valence electrons. The highest BCUT2D eigenvalue weighted by Crippen LogP contribution is 2.19. The quantitative estimate of drug-likeness (QED) is 0.00742. The van der Waals surface area contributed by atoms with Crippen LogP contribution in [0.1, 0.15) is 75.9 Å². The van der Waals surface area contributed by atoms with E-state index in [0.29, 0.717) is 54.1 Å². The summed E-state index contributed by atoms with van der Waals surface area (Å²) in [5.41, 5.74) is 0.999. The van der Waals surface area contributed by atoms with Crippen molar-refractivity contribution in [1.29, 1.82) is 0 Å². The van der Waals surface area contributed by atoms with Crippen molar-refractivity contribution < 1.29 is 41.8 Å². The molecule has 0 radical (unpaired) electrons. The second kappa shape index (κ2) is 75.4. The number of guanidine groups is 1. The largest absolute Gasteiger partial charge is 0.502 e. The fourth-order valence-corrected chi connectivity index (χ4v) is 11.6. The average Bonchev–Trinajstić information content (AvgIpc) is 0.808. The lowest BCUT2D eigenvalue weighted by Gasteiger charge is -2.21. The third-order valence-corrected chi connectivity index (χ3v) is 19.4. The van der Waals surface area contributed by atoms with Gasteiger partial charge in [-0.2, -0.15) is 39.8 Å². The summed E-state index contributed by atoms with van der Waals surface area (Å²) in [4.78, 5) is 115. The molecule has 9 heterocycles. The van der Waals surface area contributed by atoms with Gasteiger partial charge >= 0.3 is 45.9 Å². The summed E-state index contributed by atoms with van der Waals surface area (Å²) in [7, 11) is 37.7. The number of rotatable bonds is 50. The van der Waals surface area contributed by atoms with Gasteiger partial charge in [0, 0.05) is 129 Å². The van der Waals surface area contributed by atoms with E-state index < -0.39 is 40.1 Å². The normalized spacial score (nSPS) is 12.4. The van der Waals surface area contributed by atoms with Crippen molar-refractivity contribution in [3.8, 4) is 5.75 Å². The van der Waals surface area contributed by atoms with Gasteiger partial charge in [0.25, 0.3) is 22.7 Å². The molecule has 10 rings (SSSR count). The summed E-state index contributed by atoms with van der Waals surface area (Å²) >= 11 is 8.03. The maximum absolute atomic E-state index is 11.5. The number of amides is 7. The van der Waals surface area contributed by atoms with Crippen LogP contribution in [0.5, 0.6) is 5.75 Å². The maximum atomic E-state index is 11.5. The van der Waals surface area contributed by atoms with Crippen molar-refractivity contribution in [2.45, 2.75) is 83.8 Å². The SMILES string of the molecule is CNCCCN(C)C(=O)NCc1nn[nH]n1.CNCCCN(C)C(=O)Nc1nn[nH]n1.CNCCCN(C)C1=NS(=O)ON1.CNCCCN(C)C1NC(=O)NC1=O.CNCCCN(C)c1c(O)c(=O)c1=O.CNCCCN(C)c1n[nH]c(=O)[nH]1.CNCCCN(C)c1n[nH]c(C)n1.CNCCCN(C)c1nc(=S)[nH][nH]1.CNCCCN(C)c1nc(=S)o[nH]1.CNCCCN(C)c1ncno1. The highest BCUT2D eigenvalue weighted by Gasteiger charge is 2.32. The average molecular weight is 1990 g/mol. The standard InChI is InChI=1S/C9H14N2O3.C8H17N7O.C8H17N5.C8H16N4O2.C7H15N7O.C7H15N5O.C7H15N5S.C7H14N4OS.C7H14N4O.C6H14N4O2S/c1-10-4-3-5-11(2)6-7(12)9(14)8(6)13;1-9-4-3-5-15(2)8(16)10-6-7-11-13-14-12-7;1-7-10-8(12-11-7)13(3)6-4-5-9-2;1-9-4-3-5-12(2)6-7(13)11-8(14)10-6;1-8-4-3-5-14(2)7(15)9-6-10-12-13-11-6;2*1-8-4-3-5-12(2)6-9-7(13)11-10-6;1-8-4-3-5-11(2)6-9-7(13)12-10-6;1-8-4-3-5-11(2)7-9-6-10-12-7;1-7-4-3-5-10(2)6-8-12-13(11)9-6/h10,12H,3-5H2,1-2H3;9H,3-6H2,1-2H3,(H,10,16)(H,11,12,13,14);9H,4-6H2,1-3H3,(H,10,11,12);6,9H,3-5H2,1-2H3,(H2,10,11,13,14);8H,3-5H2,1-2H3,(H2,9,10,11,12,13,15);2*8H,3-5H2,1-2H3,(H2,9,10,11,13);8H,3-5H2,1-2H3,(H,9,10,13);6,8H,3-5H2,1-2H3;7H,3-5H2,1-2H3,(H,8,9). The highest BCUT2D eigenvalue weighted by atomic mass is 32.2. The van der Waals surface area contributed by atoms with Gasteiger partial charge < -0.3 is 122 Å². The van der Waals surface area contributed by atoms with Gasteiger partial charge in [0.1, 0.15) is 11.5 Å². The number of carbonyl (C=O) groups is 4. The third-order valence-electron chi connectivity index (χ3n) is 18.5. The zero-order chi connectivity index (χ0) is 101. The Morgan fingerprint density at radius 3 is 1.40 bits per heavy atom. The first-order valence-electron chi connectivity index (χ1n) is 43.9. The maximum Gasteiger partial charge on any atom is 0.342 e. The van der Waals surface area contributed by atoms with E-state index in [0.717, 1.165) is 193 Å². The van der Waals surface area contributed by atoms with Crippen LogP contribution in [-0.4, -0.2) is 444 Å². The van der Waals surface area contributed by atoms with Gasteiger partial charge in [-0.3, -0.25) is 50.2 Å². The predicted octanol–water partition coefficient (Wildman–Crippen LogP) is -4.34. The minimum atomic E-state index is -1.56. The molecule has 136 heavy (non-hydrogen) atoms. The van der Waals surface area contributed by atoms with E-state index in [9.17, 15) is 37.8 Å². The Bertz CT molecular complexity index is 4490. The number of urea groups is 3. The Balaban J connectivity index is 0.000000756. The first-order valence-corrected chi connectivity index (χ1v) is 45.8. The molecule has 1 aromatic carbocycles. The molecular formula is C74H151N47O12S3. The number of hydrogen-bond acceptors (Lipinski definition) is 46. The zero-order valence-electron chi connectivity index (χ0n) is 82.5. The van der Waals surface area contributed by atoms with Crippen LogP contribution in [0.4, 0.5) is 55.8 Å². The number of hydrogen-bond donors (Lipinski definition) is 24. The van der Waals surface area contributed by atoms with Crippen molar-refractivity contribution in [3.05, 3.63) is 58.5 Å². The number of H-pyrrole nitrogens is 8. The predicted molar refractivity (Wildman–Crippen MR) is 529 cm³/mol. The van der Waals surface area contributed by atoms with E-state index in [1.165, 1.54) is 6.33 Å². The second-order valence-electron chi connectivity index (χ2n) is 29.9. The van der Waals surface area contributed by atoms with Gasteiger partial charge in [0.15, 0.2) is 24.1 Å². The van der Waals surface area contributed by atoms with Crippen LogP contribution in [0, 0.1) is 16.5 Å². The van der Waals surface area contributed by atoms with Crippen LogP contribution in [0.25, 0.3) is 0 Å². The summed E-state index contributed by atoms with van der Waals surface area (Å²) in [6.45, 7) is 19.8. The molecule has 24 N–H and O–H groups in total. The third kappa shape index (κ3) is 54.7. The molecule has 0 spiro atoms. The van der Waals surface area contributed by atoms with E-state index in [-0.39, 0.29) is 46.7 Å². The van der Waals surface area contributed by atoms with Crippen molar-refractivity contribution >= 4 is 107 Å². The van der Waals surface area contributed by atoms with Crippen LogP contribution in [0.3, 0.4) is 0 Å². The highest BCUT2D eigenvalue weighted by molar-refractivity contribution is 7.79. The fourth-order valence-electron chi connectivity index (χ4n) is 10.8. The molecule has 1 fully saturated rings. The Morgan fingerprint density at radius 2 is 0.993 bits per heavy atom. The molecule has 59 nitrogen and oxygen atoms in total. The molecule has 8 aromatic rings. The van der Waals surface area contributed by atoms with Crippen LogP contribution in [-0.2, 0) is 26.9 Å². The first kappa shape index (κ1) is 122. The first-order chi connectivity index (χ1) is 65.2. The molecule has 2 atom stereocenters. The van der Waals surface area contributed by atoms with E-state index in [2.05, 4.69) is 196 Å². The molecule has 62 heteroatoms. The summed E-state index contributed by atoms with van der Waals surface area (Å²) in [5.74, 6) is 4.18. The van der Waals surface area contributed by atoms with Gasteiger partial charge in [-0.1, -0.05) is 15.5 Å².